The first-order chi connectivity index (χ1) is 13.1. The second kappa shape index (κ2) is 8.98. The Hall–Kier alpha value is -3.15. The maximum Gasteiger partial charge on any atom is 0.227 e. The largest absolute Gasteiger partial charge is 0.354 e. The summed E-state index contributed by atoms with van der Waals surface area (Å²) in [6, 6.07) is 18.8. The van der Waals surface area contributed by atoms with Gasteiger partial charge in [0.15, 0.2) is 0 Å². The Morgan fingerprint density at radius 2 is 1.56 bits per heavy atom. The molecule has 3 amide bonds. The van der Waals surface area contributed by atoms with Crippen LogP contribution in [0.2, 0.25) is 0 Å². The molecule has 0 bridgehead atoms. The van der Waals surface area contributed by atoms with E-state index >= 15 is 0 Å². The van der Waals surface area contributed by atoms with Crippen molar-refractivity contribution in [3.8, 4) is 0 Å². The highest BCUT2D eigenvalue weighted by Gasteiger charge is 2.34. The van der Waals surface area contributed by atoms with E-state index in [2.05, 4.69) is 10.6 Å². The molecule has 0 aromatic heterocycles. The van der Waals surface area contributed by atoms with E-state index in [0.29, 0.717) is 26.1 Å². The number of benzene rings is 2. The zero-order valence-corrected chi connectivity index (χ0v) is 15.1. The van der Waals surface area contributed by atoms with Crippen LogP contribution in [0.4, 0.5) is 5.69 Å². The highest BCUT2D eigenvalue weighted by atomic mass is 16.2. The Labute approximate surface area is 158 Å². The van der Waals surface area contributed by atoms with E-state index in [4.69, 9.17) is 0 Å². The van der Waals surface area contributed by atoms with Gasteiger partial charge in [0.25, 0.3) is 0 Å². The van der Waals surface area contributed by atoms with Crippen molar-refractivity contribution >= 4 is 23.4 Å². The SMILES string of the molecule is O=C(Cc1ccccc1)NCCNC(=O)C1CC(=O)N(c2ccccc2)C1. The molecule has 1 aliphatic rings. The van der Waals surface area contributed by atoms with Gasteiger partial charge in [0.1, 0.15) is 0 Å². The fraction of sp³-hybridized carbons (Fsp3) is 0.286. The Morgan fingerprint density at radius 3 is 2.26 bits per heavy atom. The molecule has 2 aromatic carbocycles. The number of hydrogen-bond acceptors (Lipinski definition) is 3. The lowest BCUT2D eigenvalue weighted by molar-refractivity contribution is -0.126. The molecule has 1 atom stereocenters. The van der Waals surface area contributed by atoms with Crippen LogP contribution in [0.15, 0.2) is 60.7 Å². The lowest BCUT2D eigenvalue weighted by Crippen LogP contribution is -2.38. The van der Waals surface area contributed by atoms with Crippen LogP contribution in [0, 0.1) is 5.92 Å². The summed E-state index contributed by atoms with van der Waals surface area (Å²) in [4.78, 5) is 38.0. The van der Waals surface area contributed by atoms with Crippen molar-refractivity contribution in [2.75, 3.05) is 24.5 Å². The Morgan fingerprint density at radius 1 is 0.926 bits per heavy atom. The second-order valence-corrected chi connectivity index (χ2v) is 6.54. The summed E-state index contributed by atoms with van der Waals surface area (Å²) in [6.45, 7) is 1.09. The molecule has 1 unspecified atom stereocenters. The van der Waals surface area contributed by atoms with Gasteiger partial charge >= 0.3 is 0 Å². The second-order valence-electron chi connectivity index (χ2n) is 6.54. The average molecular weight is 365 g/mol. The molecule has 6 heteroatoms. The smallest absolute Gasteiger partial charge is 0.227 e. The van der Waals surface area contributed by atoms with E-state index < -0.39 is 0 Å². The third-order valence-corrected chi connectivity index (χ3v) is 4.52. The molecule has 0 radical (unpaired) electrons. The molecule has 2 N–H and O–H groups in total. The standard InChI is InChI=1S/C21H23N3O3/c25-19(13-16-7-3-1-4-8-16)22-11-12-23-21(27)17-14-20(26)24(15-17)18-9-5-2-6-10-18/h1-10,17H,11-15H2,(H,22,25)(H,23,27). The van der Waals surface area contributed by atoms with Crippen LogP contribution in [0.25, 0.3) is 0 Å². The fourth-order valence-electron chi connectivity index (χ4n) is 3.12. The predicted octanol–water partition coefficient (Wildman–Crippen LogP) is 1.51. The molecule has 0 spiro atoms. The van der Waals surface area contributed by atoms with Gasteiger partial charge in [-0.15, -0.1) is 0 Å². The van der Waals surface area contributed by atoms with E-state index in [-0.39, 0.29) is 30.1 Å². The number of rotatable bonds is 7. The molecule has 3 rings (SSSR count). The molecule has 1 heterocycles. The monoisotopic (exact) mass is 365 g/mol. The molecule has 1 saturated heterocycles. The van der Waals surface area contributed by atoms with Crippen LogP contribution in [-0.4, -0.2) is 37.4 Å². The van der Waals surface area contributed by atoms with Gasteiger partial charge < -0.3 is 15.5 Å². The van der Waals surface area contributed by atoms with E-state index in [1.165, 1.54) is 0 Å². The van der Waals surface area contributed by atoms with Crippen LogP contribution in [-0.2, 0) is 20.8 Å². The predicted molar refractivity (Wildman–Crippen MR) is 103 cm³/mol. The number of nitrogens with zero attached hydrogens (tertiary/aromatic N) is 1. The highest BCUT2D eigenvalue weighted by molar-refractivity contribution is 6.00. The fourth-order valence-corrected chi connectivity index (χ4v) is 3.12. The van der Waals surface area contributed by atoms with Gasteiger partial charge in [0.05, 0.1) is 12.3 Å². The van der Waals surface area contributed by atoms with Gasteiger partial charge in [0, 0.05) is 31.7 Å². The summed E-state index contributed by atoms with van der Waals surface area (Å²) in [5.74, 6) is -0.643. The first-order valence-corrected chi connectivity index (χ1v) is 9.07. The topological polar surface area (TPSA) is 78.5 Å². The zero-order chi connectivity index (χ0) is 19.1. The quantitative estimate of drug-likeness (QED) is 0.730. The van der Waals surface area contributed by atoms with Crippen molar-refractivity contribution in [1.82, 2.24) is 10.6 Å². The zero-order valence-electron chi connectivity index (χ0n) is 15.1. The van der Waals surface area contributed by atoms with E-state index in [1.54, 1.807) is 4.90 Å². The van der Waals surface area contributed by atoms with E-state index in [9.17, 15) is 14.4 Å². The molecule has 6 nitrogen and oxygen atoms in total. The van der Waals surface area contributed by atoms with Gasteiger partial charge in [-0.3, -0.25) is 14.4 Å². The molecule has 2 aromatic rings. The van der Waals surface area contributed by atoms with Gasteiger partial charge in [-0.05, 0) is 17.7 Å². The van der Waals surface area contributed by atoms with Gasteiger partial charge in [-0.25, -0.2) is 0 Å². The molecular weight excluding hydrogens is 342 g/mol. The van der Waals surface area contributed by atoms with Gasteiger partial charge in [-0.1, -0.05) is 48.5 Å². The summed E-state index contributed by atoms with van der Waals surface area (Å²) in [5, 5.41) is 5.59. The van der Waals surface area contributed by atoms with Crippen molar-refractivity contribution in [1.29, 1.82) is 0 Å². The van der Waals surface area contributed by atoms with Crippen molar-refractivity contribution in [3.05, 3.63) is 66.2 Å². The van der Waals surface area contributed by atoms with Gasteiger partial charge in [0.2, 0.25) is 17.7 Å². The summed E-state index contributed by atoms with van der Waals surface area (Å²) in [5.41, 5.74) is 1.76. The maximum atomic E-state index is 12.3. The van der Waals surface area contributed by atoms with Crippen LogP contribution >= 0.6 is 0 Å². The Balaban J connectivity index is 1.38. The van der Waals surface area contributed by atoms with Crippen molar-refractivity contribution in [2.24, 2.45) is 5.92 Å². The minimum Gasteiger partial charge on any atom is -0.354 e. The third-order valence-electron chi connectivity index (χ3n) is 4.52. The van der Waals surface area contributed by atoms with Gasteiger partial charge in [-0.2, -0.15) is 0 Å². The first kappa shape index (κ1) is 18.6. The minimum absolute atomic E-state index is 0.0440. The van der Waals surface area contributed by atoms with Crippen LogP contribution in [0.5, 0.6) is 0 Å². The van der Waals surface area contributed by atoms with Crippen LogP contribution < -0.4 is 15.5 Å². The summed E-state index contributed by atoms with van der Waals surface area (Å²) >= 11 is 0. The molecule has 1 aliphatic heterocycles. The summed E-state index contributed by atoms with van der Waals surface area (Å²) in [6.07, 6.45) is 0.527. The molecule has 27 heavy (non-hydrogen) atoms. The number of para-hydroxylation sites is 1. The number of carbonyl (C=O) groups excluding carboxylic acids is 3. The number of carbonyl (C=O) groups is 3. The number of hydrogen-bond donors (Lipinski definition) is 2. The molecular formula is C21H23N3O3. The first-order valence-electron chi connectivity index (χ1n) is 9.07. The normalized spacial score (nSPS) is 16.2. The van der Waals surface area contributed by atoms with Crippen molar-refractivity contribution < 1.29 is 14.4 Å². The number of amides is 3. The maximum absolute atomic E-state index is 12.3. The summed E-state index contributed by atoms with van der Waals surface area (Å²) < 4.78 is 0. The number of nitrogens with one attached hydrogen (secondary N) is 2. The minimum atomic E-state index is -0.363. The molecule has 0 saturated carbocycles. The molecule has 0 aliphatic carbocycles. The number of anilines is 1. The van der Waals surface area contributed by atoms with Crippen molar-refractivity contribution in [3.63, 3.8) is 0 Å². The highest BCUT2D eigenvalue weighted by Crippen LogP contribution is 2.24. The third kappa shape index (κ3) is 5.17. The lowest BCUT2D eigenvalue weighted by Gasteiger charge is -2.16. The average Bonchev–Trinajstić information content (AvgIpc) is 3.08. The van der Waals surface area contributed by atoms with Crippen LogP contribution in [0.3, 0.4) is 0 Å². The van der Waals surface area contributed by atoms with Crippen molar-refractivity contribution in [2.45, 2.75) is 12.8 Å². The Kier molecular flexibility index (Phi) is 6.20. The molecule has 140 valence electrons. The van der Waals surface area contributed by atoms with E-state index in [0.717, 1.165) is 11.3 Å². The lowest BCUT2D eigenvalue weighted by atomic mass is 10.1. The van der Waals surface area contributed by atoms with Crippen LogP contribution in [0.1, 0.15) is 12.0 Å². The van der Waals surface area contributed by atoms with E-state index in [1.807, 2.05) is 60.7 Å². The summed E-state index contributed by atoms with van der Waals surface area (Å²) in [7, 11) is 0. The molecule has 1 fully saturated rings. The Bertz CT molecular complexity index is 793.